The van der Waals surface area contributed by atoms with Crippen LogP contribution in [0, 0.1) is 5.82 Å². The van der Waals surface area contributed by atoms with E-state index in [2.05, 4.69) is 10.6 Å². The minimum atomic E-state index is -1.08. The van der Waals surface area contributed by atoms with Crippen molar-refractivity contribution in [3.05, 3.63) is 65.5 Å². The van der Waals surface area contributed by atoms with E-state index in [-0.39, 0.29) is 37.1 Å². The predicted molar refractivity (Wildman–Crippen MR) is 94.2 cm³/mol. The Morgan fingerprint density at radius 1 is 1.04 bits per heavy atom. The summed E-state index contributed by atoms with van der Waals surface area (Å²) in [6.07, 6.45) is 1.66. The summed E-state index contributed by atoms with van der Waals surface area (Å²) in [5.41, 5.74) is 1.05. The molecule has 5 nitrogen and oxygen atoms in total. The summed E-state index contributed by atoms with van der Waals surface area (Å²) < 4.78 is 24.3. The first-order valence-corrected chi connectivity index (χ1v) is 9.24. The molecule has 7 heteroatoms. The number of amides is 2. The van der Waals surface area contributed by atoms with Gasteiger partial charge >= 0.3 is 0 Å². The summed E-state index contributed by atoms with van der Waals surface area (Å²) in [5.74, 6) is -0.891. The number of nitrogens with one attached hydrogen (secondary N) is 2. The van der Waals surface area contributed by atoms with Gasteiger partial charge in [0.05, 0.1) is 6.42 Å². The van der Waals surface area contributed by atoms with E-state index in [1.165, 1.54) is 12.1 Å². The van der Waals surface area contributed by atoms with E-state index in [9.17, 15) is 18.2 Å². The van der Waals surface area contributed by atoms with Gasteiger partial charge in [-0.15, -0.1) is 0 Å². The largest absolute Gasteiger partial charge is 0.354 e. The molecule has 0 aliphatic rings. The highest BCUT2D eigenvalue weighted by molar-refractivity contribution is 7.84. The Balaban J connectivity index is 1.72. The van der Waals surface area contributed by atoms with Crippen LogP contribution in [0.15, 0.2) is 53.4 Å². The van der Waals surface area contributed by atoms with E-state index in [4.69, 9.17) is 0 Å². The zero-order valence-corrected chi connectivity index (χ0v) is 14.6. The number of rotatable bonds is 7. The van der Waals surface area contributed by atoms with Gasteiger partial charge in [-0.25, -0.2) is 4.39 Å². The Morgan fingerprint density at radius 3 is 2.36 bits per heavy atom. The summed E-state index contributed by atoms with van der Waals surface area (Å²) in [4.78, 5) is 24.4. The van der Waals surface area contributed by atoms with Gasteiger partial charge in [0.2, 0.25) is 5.91 Å². The van der Waals surface area contributed by atoms with Gasteiger partial charge in [0.15, 0.2) is 0 Å². The Hall–Kier alpha value is -2.54. The Morgan fingerprint density at radius 2 is 1.72 bits per heavy atom. The minimum absolute atomic E-state index is 0.0846. The fraction of sp³-hybridized carbons (Fsp3) is 0.222. The normalized spacial score (nSPS) is 11.6. The van der Waals surface area contributed by atoms with Gasteiger partial charge < -0.3 is 10.6 Å². The van der Waals surface area contributed by atoms with Crippen LogP contribution in [0.5, 0.6) is 0 Å². The van der Waals surface area contributed by atoms with Gasteiger partial charge in [-0.2, -0.15) is 0 Å². The third-order valence-corrected chi connectivity index (χ3v) is 4.37. The third kappa shape index (κ3) is 6.11. The quantitative estimate of drug-likeness (QED) is 0.736. The van der Waals surface area contributed by atoms with Crippen LogP contribution in [0.25, 0.3) is 0 Å². The maximum absolute atomic E-state index is 13.0. The third-order valence-electron chi connectivity index (χ3n) is 3.43. The summed E-state index contributed by atoms with van der Waals surface area (Å²) in [7, 11) is -1.08. The summed E-state index contributed by atoms with van der Waals surface area (Å²) in [6.45, 7) is 0.548. The van der Waals surface area contributed by atoms with Gasteiger partial charge in [-0.3, -0.25) is 13.8 Å². The maximum atomic E-state index is 13.0. The standard InChI is InChI=1S/C18H19FN2O3S/c1-25(24)16-7-5-14(6-8-16)18(23)21-10-9-20-17(22)12-13-3-2-4-15(19)11-13/h2-8,11H,9-10,12H2,1H3,(H,20,22)(H,21,23). The predicted octanol–water partition coefficient (Wildman–Crippen LogP) is 1.65. The second-order valence-corrected chi connectivity index (χ2v) is 6.77. The van der Waals surface area contributed by atoms with E-state index in [0.29, 0.717) is 16.0 Å². The number of benzene rings is 2. The molecular weight excluding hydrogens is 343 g/mol. The molecule has 2 aromatic rings. The van der Waals surface area contributed by atoms with Crippen LogP contribution >= 0.6 is 0 Å². The van der Waals surface area contributed by atoms with Gasteiger partial charge in [-0.05, 0) is 42.0 Å². The molecule has 0 saturated carbocycles. The highest BCUT2D eigenvalue weighted by atomic mass is 32.2. The number of hydrogen-bond donors (Lipinski definition) is 2. The SMILES string of the molecule is CS(=O)c1ccc(C(=O)NCCNC(=O)Cc2cccc(F)c2)cc1. The molecule has 0 radical (unpaired) electrons. The van der Waals surface area contributed by atoms with E-state index >= 15 is 0 Å². The van der Waals surface area contributed by atoms with Crippen LogP contribution in [0.4, 0.5) is 4.39 Å². The van der Waals surface area contributed by atoms with Gasteiger partial charge in [-0.1, -0.05) is 12.1 Å². The van der Waals surface area contributed by atoms with Crippen LogP contribution in [-0.4, -0.2) is 35.4 Å². The molecule has 0 fully saturated rings. The molecule has 2 rings (SSSR count). The number of halogens is 1. The molecule has 2 aromatic carbocycles. The molecule has 0 heterocycles. The van der Waals surface area contributed by atoms with E-state index in [0.717, 1.165) is 0 Å². The van der Waals surface area contributed by atoms with Crippen molar-refractivity contribution < 1.29 is 18.2 Å². The monoisotopic (exact) mass is 362 g/mol. The highest BCUT2D eigenvalue weighted by Gasteiger charge is 2.07. The summed E-state index contributed by atoms with van der Waals surface area (Å²) >= 11 is 0. The molecule has 1 atom stereocenters. The maximum Gasteiger partial charge on any atom is 0.251 e. The zero-order valence-electron chi connectivity index (χ0n) is 13.8. The zero-order chi connectivity index (χ0) is 18.2. The van der Waals surface area contributed by atoms with Crippen molar-refractivity contribution in [3.63, 3.8) is 0 Å². The summed E-state index contributed by atoms with van der Waals surface area (Å²) in [6, 6.07) is 12.4. The second kappa shape index (κ2) is 9.08. The molecular formula is C18H19FN2O3S. The number of hydrogen-bond acceptors (Lipinski definition) is 3. The topological polar surface area (TPSA) is 75.3 Å². The smallest absolute Gasteiger partial charge is 0.251 e. The Labute approximate surface area is 148 Å². The molecule has 0 aromatic heterocycles. The summed E-state index contributed by atoms with van der Waals surface area (Å²) in [5, 5.41) is 5.35. The molecule has 0 aliphatic carbocycles. The fourth-order valence-corrected chi connectivity index (χ4v) is 2.69. The van der Waals surface area contributed by atoms with Gasteiger partial charge in [0.1, 0.15) is 5.82 Å². The van der Waals surface area contributed by atoms with Crippen molar-refractivity contribution in [2.24, 2.45) is 0 Å². The molecule has 0 spiro atoms. The lowest BCUT2D eigenvalue weighted by Crippen LogP contribution is -2.35. The van der Waals surface area contributed by atoms with Gasteiger partial charge in [0.25, 0.3) is 5.91 Å². The average Bonchev–Trinajstić information content (AvgIpc) is 2.58. The molecule has 132 valence electrons. The second-order valence-electron chi connectivity index (χ2n) is 5.39. The van der Waals surface area contributed by atoms with Crippen LogP contribution in [0.1, 0.15) is 15.9 Å². The fourth-order valence-electron chi connectivity index (χ4n) is 2.17. The molecule has 2 N–H and O–H groups in total. The highest BCUT2D eigenvalue weighted by Crippen LogP contribution is 2.07. The lowest BCUT2D eigenvalue weighted by molar-refractivity contribution is -0.120. The molecule has 25 heavy (non-hydrogen) atoms. The van der Waals surface area contributed by atoms with Gasteiger partial charge in [0, 0.05) is 40.6 Å². The van der Waals surface area contributed by atoms with Crippen LogP contribution in [0.2, 0.25) is 0 Å². The lowest BCUT2D eigenvalue weighted by atomic mass is 10.1. The van der Waals surface area contributed by atoms with E-state index in [1.807, 2.05) is 0 Å². The average molecular weight is 362 g/mol. The molecule has 1 unspecified atom stereocenters. The van der Waals surface area contributed by atoms with Crippen molar-refractivity contribution in [2.75, 3.05) is 19.3 Å². The van der Waals surface area contributed by atoms with Crippen molar-refractivity contribution >= 4 is 22.6 Å². The molecule has 2 amide bonds. The van der Waals surface area contributed by atoms with Crippen LogP contribution < -0.4 is 10.6 Å². The van der Waals surface area contributed by atoms with E-state index in [1.54, 1.807) is 42.7 Å². The van der Waals surface area contributed by atoms with Crippen molar-refractivity contribution in [3.8, 4) is 0 Å². The molecule has 0 saturated heterocycles. The van der Waals surface area contributed by atoms with Crippen LogP contribution in [-0.2, 0) is 22.0 Å². The van der Waals surface area contributed by atoms with Crippen LogP contribution in [0.3, 0.4) is 0 Å². The molecule has 0 bridgehead atoms. The minimum Gasteiger partial charge on any atom is -0.354 e. The molecule has 0 aliphatic heterocycles. The number of carbonyl (C=O) groups excluding carboxylic acids is 2. The van der Waals surface area contributed by atoms with E-state index < -0.39 is 10.8 Å². The lowest BCUT2D eigenvalue weighted by Gasteiger charge is -2.08. The van der Waals surface area contributed by atoms with Crippen molar-refractivity contribution in [1.82, 2.24) is 10.6 Å². The van der Waals surface area contributed by atoms with Crippen molar-refractivity contribution in [2.45, 2.75) is 11.3 Å². The Kier molecular flexibility index (Phi) is 6.82. The number of carbonyl (C=O) groups is 2. The first-order valence-electron chi connectivity index (χ1n) is 7.68. The first-order chi connectivity index (χ1) is 12.0. The van der Waals surface area contributed by atoms with Crippen molar-refractivity contribution in [1.29, 1.82) is 0 Å². The Bertz CT molecular complexity index is 778. The first kappa shape index (κ1) is 18.8.